The van der Waals surface area contributed by atoms with Gasteiger partial charge in [-0.3, -0.25) is 4.57 Å². The Morgan fingerprint density at radius 2 is 1.84 bits per heavy atom. The van der Waals surface area contributed by atoms with E-state index in [2.05, 4.69) is 4.98 Å². The Bertz CT molecular complexity index is 705. The van der Waals surface area contributed by atoms with Gasteiger partial charge >= 0.3 is 6.18 Å². The zero-order valence-electron chi connectivity index (χ0n) is 9.72. The van der Waals surface area contributed by atoms with Crippen LogP contribution in [0.3, 0.4) is 0 Å². The van der Waals surface area contributed by atoms with Crippen molar-refractivity contribution in [2.45, 2.75) is 11.1 Å². The Balaban J connectivity index is 2.72. The molecule has 4 nitrogen and oxygen atoms in total. The molecule has 0 atom stereocenters. The van der Waals surface area contributed by atoms with Gasteiger partial charge in [0, 0.05) is 18.6 Å². The highest BCUT2D eigenvalue weighted by molar-refractivity contribution is 7.90. The van der Waals surface area contributed by atoms with Crippen LogP contribution in [0.25, 0.3) is 5.69 Å². The maximum atomic E-state index is 12.8. The Hall–Kier alpha value is -1.83. The van der Waals surface area contributed by atoms with Gasteiger partial charge in [-0.05, 0) is 12.1 Å². The van der Waals surface area contributed by atoms with Crippen molar-refractivity contribution in [2.75, 3.05) is 6.26 Å². The third-order valence-corrected chi connectivity index (χ3v) is 3.56. The van der Waals surface area contributed by atoms with E-state index in [1.54, 1.807) is 0 Å². The molecule has 1 heterocycles. The third-order valence-electron chi connectivity index (χ3n) is 2.42. The van der Waals surface area contributed by atoms with Crippen molar-refractivity contribution in [3.05, 3.63) is 42.5 Å². The van der Waals surface area contributed by atoms with Crippen LogP contribution in [0, 0.1) is 0 Å². The van der Waals surface area contributed by atoms with E-state index in [0.717, 1.165) is 23.2 Å². The van der Waals surface area contributed by atoms with Gasteiger partial charge in [0.1, 0.15) is 0 Å². The monoisotopic (exact) mass is 290 g/mol. The highest BCUT2D eigenvalue weighted by Crippen LogP contribution is 2.31. The average Bonchev–Trinajstić information content (AvgIpc) is 2.76. The fraction of sp³-hybridized carbons (Fsp3) is 0.182. The number of nitrogens with zero attached hydrogens (tertiary/aromatic N) is 2. The molecular formula is C11H9F3N2O2S. The van der Waals surface area contributed by atoms with Gasteiger partial charge in [0.05, 0.1) is 10.6 Å². The van der Waals surface area contributed by atoms with Gasteiger partial charge in [0.15, 0.2) is 9.84 Å². The average molecular weight is 290 g/mol. The van der Waals surface area contributed by atoms with Gasteiger partial charge in [-0.25, -0.2) is 13.4 Å². The summed E-state index contributed by atoms with van der Waals surface area (Å²) in [6.45, 7) is 0. The molecule has 0 amide bonds. The zero-order valence-corrected chi connectivity index (χ0v) is 10.5. The molecule has 0 aliphatic heterocycles. The number of aromatic nitrogens is 2. The lowest BCUT2D eigenvalue weighted by atomic mass is 10.3. The van der Waals surface area contributed by atoms with E-state index in [4.69, 9.17) is 0 Å². The van der Waals surface area contributed by atoms with E-state index in [9.17, 15) is 21.6 Å². The molecule has 2 aromatic rings. The van der Waals surface area contributed by atoms with Gasteiger partial charge in [0.25, 0.3) is 0 Å². The van der Waals surface area contributed by atoms with Gasteiger partial charge < -0.3 is 0 Å². The van der Waals surface area contributed by atoms with Gasteiger partial charge in [-0.1, -0.05) is 12.1 Å². The summed E-state index contributed by atoms with van der Waals surface area (Å²) < 4.78 is 62.2. The second kappa shape index (κ2) is 4.37. The summed E-state index contributed by atoms with van der Waals surface area (Å²) in [6.07, 6.45) is -1.67. The standard InChI is InChI=1S/C11H9F3N2O2S/c1-19(17,18)9-5-3-2-4-8(9)16-7-6-15-10(16)11(12,13)14/h2-7H,1H3. The first-order chi connectivity index (χ1) is 8.71. The van der Waals surface area contributed by atoms with Crippen LogP contribution in [0.15, 0.2) is 41.6 Å². The highest BCUT2D eigenvalue weighted by Gasteiger charge is 2.37. The molecule has 0 saturated heterocycles. The summed E-state index contributed by atoms with van der Waals surface area (Å²) in [4.78, 5) is 3.05. The van der Waals surface area contributed by atoms with Crippen molar-refractivity contribution in [3.8, 4) is 5.69 Å². The van der Waals surface area contributed by atoms with Gasteiger partial charge in [-0.15, -0.1) is 0 Å². The number of hydrogen-bond donors (Lipinski definition) is 0. The van der Waals surface area contributed by atoms with Crippen molar-refractivity contribution in [1.29, 1.82) is 0 Å². The Morgan fingerprint density at radius 1 is 1.21 bits per heavy atom. The fourth-order valence-electron chi connectivity index (χ4n) is 1.68. The van der Waals surface area contributed by atoms with Crippen LogP contribution in [0.1, 0.15) is 5.82 Å². The smallest absolute Gasteiger partial charge is 0.295 e. The van der Waals surface area contributed by atoms with E-state index in [-0.39, 0.29) is 10.6 Å². The predicted octanol–water partition coefficient (Wildman–Crippen LogP) is 2.29. The quantitative estimate of drug-likeness (QED) is 0.852. The Kier molecular flexibility index (Phi) is 3.13. The second-order valence-electron chi connectivity index (χ2n) is 3.86. The third kappa shape index (κ3) is 2.62. The lowest BCUT2D eigenvalue weighted by Gasteiger charge is -2.13. The molecular weight excluding hydrogens is 281 g/mol. The molecule has 8 heteroatoms. The SMILES string of the molecule is CS(=O)(=O)c1ccccc1-n1ccnc1C(F)(F)F. The molecule has 0 saturated carbocycles. The minimum atomic E-state index is -4.66. The van der Waals surface area contributed by atoms with Gasteiger partial charge in [-0.2, -0.15) is 13.2 Å². The summed E-state index contributed by atoms with van der Waals surface area (Å²) in [5.74, 6) is -1.16. The first kappa shape index (κ1) is 13.6. The number of sulfone groups is 1. The summed E-state index contributed by atoms with van der Waals surface area (Å²) in [7, 11) is -3.64. The van der Waals surface area contributed by atoms with E-state index in [0.29, 0.717) is 0 Å². The van der Waals surface area contributed by atoms with E-state index in [1.165, 1.54) is 24.3 Å². The summed E-state index contributed by atoms with van der Waals surface area (Å²) in [5, 5.41) is 0. The van der Waals surface area contributed by atoms with Crippen LogP contribution >= 0.6 is 0 Å². The molecule has 0 spiro atoms. The van der Waals surface area contributed by atoms with Gasteiger partial charge in [0.2, 0.25) is 5.82 Å². The number of hydrogen-bond acceptors (Lipinski definition) is 3. The Labute approximate surface area is 107 Å². The normalized spacial score (nSPS) is 12.6. The number of alkyl halides is 3. The molecule has 0 radical (unpaired) electrons. The molecule has 102 valence electrons. The van der Waals surface area contributed by atoms with Crippen LogP contribution in [0.2, 0.25) is 0 Å². The van der Waals surface area contributed by atoms with Crippen LogP contribution in [-0.4, -0.2) is 24.2 Å². The summed E-state index contributed by atoms with van der Waals surface area (Å²) in [6, 6.07) is 5.46. The van der Waals surface area contributed by atoms with Crippen LogP contribution in [0.4, 0.5) is 13.2 Å². The number of imidazole rings is 1. The minimum Gasteiger partial charge on any atom is -0.295 e. The molecule has 0 aliphatic rings. The number of rotatable bonds is 2. The first-order valence-corrected chi connectivity index (χ1v) is 7.00. The molecule has 1 aromatic heterocycles. The first-order valence-electron chi connectivity index (χ1n) is 5.11. The molecule has 0 unspecified atom stereocenters. The zero-order chi connectivity index (χ0) is 14.3. The largest absolute Gasteiger partial charge is 0.450 e. The molecule has 1 aromatic carbocycles. The van der Waals surface area contributed by atoms with Crippen molar-refractivity contribution in [3.63, 3.8) is 0 Å². The van der Waals surface area contributed by atoms with Crippen LogP contribution in [0.5, 0.6) is 0 Å². The molecule has 19 heavy (non-hydrogen) atoms. The maximum absolute atomic E-state index is 12.8. The topological polar surface area (TPSA) is 52.0 Å². The molecule has 0 bridgehead atoms. The summed E-state index contributed by atoms with van der Waals surface area (Å²) >= 11 is 0. The minimum absolute atomic E-state index is 0.0742. The van der Waals surface area contributed by atoms with E-state index in [1.807, 2.05) is 0 Å². The van der Waals surface area contributed by atoms with Crippen LogP contribution < -0.4 is 0 Å². The van der Waals surface area contributed by atoms with Crippen molar-refractivity contribution in [2.24, 2.45) is 0 Å². The fourth-order valence-corrected chi connectivity index (χ4v) is 2.55. The van der Waals surface area contributed by atoms with Crippen molar-refractivity contribution >= 4 is 9.84 Å². The van der Waals surface area contributed by atoms with Crippen molar-refractivity contribution < 1.29 is 21.6 Å². The highest BCUT2D eigenvalue weighted by atomic mass is 32.2. The summed E-state index contributed by atoms with van der Waals surface area (Å²) in [5.41, 5.74) is -0.0742. The van der Waals surface area contributed by atoms with Crippen molar-refractivity contribution in [1.82, 2.24) is 9.55 Å². The lowest BCUT2D eigenvalue weighted by Crippen LogP contribution is -2.15. The molecule has 0 N–H and O–H groups in total. The molecule has 0 aliphatic carbocycles. The number of halogens is 3. The maximum Gasteiger partial charge on any atom is 0.450 e. The van der Waals surface area contributed by atoms with E-state index < -0.39 is 21.8 Å². The molecule has 2 rings (SSSR count). The number of para-hydroxylation sites is 1. The van der Waals surface area contributed by atoms with E-state index >= 15 is 0 Å². The van der Waals surface area contributed by atoms with Crippen LogP contribution in [-0.2, 0) is 16.0 Å². The number of benzene rings is 1. The second-order valence-corrected chi connectivity index (χ2v) is 5.84. The lowest BCUT2D eigenvalue weighted by molar-refractivity contribution is -0.146. The molecule has 0 fully saturated rings. The Morgan fingerprint density at radius 3 is 2.42 bits per heavy atom. The predicted molar refractivity (Wildman–Crippen MR) is 61.7 cm³/mol.